The van der Waals surface area contributed by atoms with Gasteiger partial charge >= 0.3 is 0 Å². The quantitative estimate of drug-likeness (QED) is 0.473. The minimum absolute atomic E-state index is 0.523. The number of anilines is 4. The molecule has 1 aromatic carbocycles. The molecule has 142 valence electrons. The van der Waals surface area contributed by atoms with E-state index in [0.717, 1.165) is 31.6 Å². The smallest absolute Gasteiger partial charge is 0.159 e. The van der Waals surface area contributed by atoms with Crippen LogP contribution in [0, 0.1) is 0 Å². The second-order valence-corrected chi connectivity index (χ2v) is 6.49. The number of unbranched alkanes of at least 4 members (excludes halogenated alkanes) is 1. The number of nitrogens with one attached hydrogen (secondary N) is 2. The Bertz CT molecular complexity index is 813. The van der Waals surface area contributed by atoms with Crippen LogP contribution in [-0.2, 0) is 13.0 Å². The van der Waals surface area contributed by atoms with Crippen LogP contribution in [0.2, 0.25) is 0 Å². The zero-order valence-corrected chi connectivity index (χ0v) is 15.7. The monoisotopic (exact) mass is 365 g/mol. The number of nitrogen functional groups attached to an aromatic ring is 1. The van der Waals surface area contributed by atoms with Gasteiger partial charge in [0.1, 0.15) is 12.0 Å². The molecule has 7 heteroatoms. The second-order valence-electron chi connectivity index (χ2n) is 6.49. The molecular formula is C20H27N7. The Morgan fingerprint density at radius 2 is 1.89 bits per heavy atom. The molecule has 0 bridgehead atoms. The lowest BCUT2D eigenvalue weighted by atomic mass is 10.1. The third-order valence-electron chi connectivity index (χ3n) is 4.36. The summed E-state index contributed by atoms with van der Waals surface area (Å²) in [6.45, 7) is 3.87. The molecule has 0 aliphatic heterocycles. The van der Waals surface area contributed by atoms with Crippen LogP contribution in [0.15, 0.2) is 49.3 Å². The number of benzene rings is 1. The van der Waals surface area contributed by atoms with Gasteiger partial charge in [-0.2, -0.15) is 0 Å². The minimum atomic E-state index is 0.523. The SMILES string of the molecule is CCCCc1ccc(Nc2ncnc(NCCCn3ccnc3)c2N)cc1. The van der Waals surface area contributed by atoms with E-state index in [1.165, 1.54) is 24.7 Å². The van der Waals surface area contributed by atoms with E-state index in [1.807, 2.05) is 17.1 Å². The highest BCUT2D eigenvalue weighted by atomic mass is 15.1. The molecule has 0 saturated carbocycles. The van der Waals surface area contributed by atoms with E-state index in [0.29, 0.717) is 17.3 Å². The zero-order chi connectivity index (χ0) is 18.9. The van der Waals surface area contributed by atoms with E-state index in [9.17, 15) is 0 Å². The molecule has 2 heterocycles. The standard InChI is InChI=1S/C20H27N7/c1-2-3-5-16-6-8-17(9-7-16)26-20-18(21)19(24-14-25-20)23-10-4-12-27-13-11-22-15-27/h6-9,11,13-15H,2-5,10,12,21H2,1H3,(H2,23,24,25,26). The largest absolute Gasteiger partial charge is 0.393 e. The van der Waals surface area contributed by atoms with Gasteiger partial charge in [-0.05, 0) is 37.0 Å². The Labute approximate surface area is 160 Å². The Morgan fingerprint density at radius 3 is 2.63 bits per heavy atom. The van der Waals surface area contributed by atoms with E-state index >= 15 is 0 Å². The van der Waals surface area contributed by atoms with E-state index in [2.05, 4.69) is 56.8 Å². The molecule has 0 radical (unpaired) electrons. The highest BCUT2D eigenvalue weighted by Gasteiger charge is 2.08. The average molecular weight is 365 g/mol. The van der Waals surface area contributed by atoms with E-state index in [4.69, 9.17) is 5.73 Å². The number of aromatic nitrogens is 4. The summed E-state index contributed by atoms with van der Waals surface area (Å²) < 4.78 is 2.04. The van der Waals surface area contributed by atoms with Crippen molar-refractivity contribution < 1.29 is 0 Å². The number of hydrogen-bond acceptors (Lipinski definition) is 6. The number of aryl methyl sites for hydroxylation is 2. The Kier molecular flexibility index (Phi) is 6.62. The van der Waals surface area contributed by atoms with Gasteiger partial charge in [0.15, 0.2) is 11.6 Å². The maximum atomic E-state index is 6.24. The van der Waals surface area contributed by atoms with Crippen LogP contribution in [-0.4, -0.2) is 26.1 Å². The maximum Gasteiger partial charge on any atom is 0.159 e. The third kappa shape index (κ3) is 5.44. The molecular weight excluding hydrogens is 338 g/mol. The van der Waals surface area contributed by atoms with Gasteiger partial charge in [-0.3, -0.25) is 0 Å². The van der Waals surface area contributed by atoms with Crippen molar-refractivity contribution in [2.45, 2.75) is 39.2 Å². The lowest BCUT2D eigenvalue weighted by molar-refractivity contribution is 0.660. The fraction of sp³-hybridized carbons (Fsp3) is 0.350. The fourth-order valence-electron chi connectivity index (χ4n) is 2.80. The lowest BCUT2D eigenvalue weighted by Crippen LogP contribution is -2.10. The summed E-state index contributed by atoms with van der Waals surface area (Å²) in [6.07, 6.45) is 11.5. The number of imidazole rings is 1. The summed E-state index contributed by atoms with van der Waals surface area (Å²) >= 11 is 0. The predicted molar refractivity (Wildman–Crippen MR) is 110 cm³/mol. The molecule has 27 heavy (non-hydrogen) atoms. The fourth-order valence-corrected chi connectivity index (χ4v) is 2.80. The summed E-state index contributed by atoms with van der Waals surface area (Å²) in [7, 11) is 0. The molecule has 0 unspecified atom stereocenters. The van der Waals surface area contributed by atoms with Crippen molar-refractivity contribution in [2.24, 2.45) is 0 Å². The second kappa shape index (κ2) is 9.56. The molecule has 0 saturated heterocycles. The molecule has 0 aliphatic rings. The molecule has 0 aliphatic carbocycles. The lowest BCUT2D eigenvalue weighted by Gasteiger charge is -2.13. The Hall–Kier alpha value is -3.09. The molecule has 4 N–H and O–H groups in total. The predicted octanol–water partition coefficient (Wildman–Crippen LogP) is 3.84. The summed E-state index contributed by atoms with van der Waals surface area (Å²) in [5.41, 5.74) is 9.07. The number of nitrogens with zero attached hydrogens (tertiary/aromatic N) is 4. The van der Waals surface area contributed by atoms with Crippen LogP contribution in [0.3, 0.4) is 0 Å². The molecule has 3 rings (SSSR count). The third-order valence-corrected chi connectivity index (χ3v) is 4.36. The van der Waals surface area contributed by atoms with E-state index in [1.54, 1.807) is 6.20 Å². The van der Waals surface area contributed by atoms with Gasteiger partial charge in [0.2, 0.25) is 0 Å². The summed E-state index contributed by atoms with van der Waals surface area (Å²) in [5, 5.41) is 6.56. The molecule has 0 fully saturated rings. The Balaban J connectivity index is 1.55. The van der Waals surface area contributed by atoms with Crippen LogP contribution < -0.4 is 16.4 Å². The van der Waals surface area contributed by atoms with Gasteiger partial charge in [-0.15, -0.1) is 0 Å². The van der Waals surface area contributed by atoms with E-state index < -0.39 is 0 Å². The number of nitrogens with two attached hydrogens (primary N) is 1. The zero-order valence-electron chi connectivity index (χ0n) is 15.7. The van der Waals surface area contributed by atoms with Crippen molar-refractivity contribution in [1.29, 1.82) is 0 Å². The first-order chi connectivity index (χ1) is 13.3. The minimum Gasteiger partial charge on any atom is -0.393 e. The molecule has 7 nitrogen and oxygen atoms in total. The topological polar surface area (TPSA) is 93.7 Å². The van der Waals surface area contributed by atoms with Crippen molar-refractivity contribution in [3.63, 3.8) is 0 Å². The van der Waals surface area contributed by atoms with Crippen molar-refractivity contribution >= 4 is 23.0 Å². The van der Waals surface area contributed by atoms with Crippen molar-refractivity contribution in [3.8, 4) is 0 Å². The van der Waals surface area contributed by atoms with Gasteiger partial charge < -0.3 is 20.9 Å². The van der Waals surface area contributed by atoms with Crippen LogP contribution in [0.1, 0.15) is 31.7 Å². The molecule has 3 aromatic rings. The molecule has 2 aromatic heterocycles. The highest BCUT2D eigenvalue weighted by Crippen LogP contribution is 2.26. The molecule has 0 spiro atoms. The summed E-state index contributed by atoms with van der Waals surface area (Å²) in [5.74, 6) is 1.26. The van der Waals surface area contributed by atoms with Crippen LogP contribution >= 0.6 is 0 Å². The first-order valence-electron chi connectivity index (χ1n) is 9.42. The number of hydrogen-bond donors (Lipinski definition) is 3. The van der Waals surface area contributed by atoms with Gasteiger partial charge in [0, 0.05) is 31.2 Å². The van der Waals surface area contributed by atoms with Crippen molar-refractivity contribution in [1.82, 2.24) is 19.5 Å². The van der Waals surface area contributed by atoms with Gasteiger partial charge in [-0.1, -0.05) is 25.5 Å². The first kappa shape index (κ1) is 18.7. The average Bonchev–Trinajstić information content (AvgIpc) is 3.21. The normalized spacial score (nSPS) is 10.7. The molecule has 0 atom stereocenters. The highest BCUT2D eigenvalue weighted by molar-refractivity contribution is 5.77. The van der Waals surface area contributed by atoms with Crippen molar-refractivity contribution in [3.05, 3.63) is 54.9 Å². The van der Waals surface area contributed by atoms with Crippen LogP contribution in [0.4, 0.5) is 23.0 Å². The summed E-state index contributed by atoms with van der Waals surface area (Å²) in [6, 6.07) is 8.41. The first-order valence-corrected chi connectivity index (χ1v) is 9.42. The van der Waals surface area contributed by atoms with Crippen LogP contribution in [0.25, 0.3) is 0 Å². The summed E-state index contributed by atoms with van der Waals surface area (Å²) in [4.78, 5) is 12.6. The van der Waals surface area contributed by atoms with Gasteiger partial charge in [0.05, 0.1) is 6.33 Å². The van der Waals surface area contributed by atoms with Gasteiger partial charge in [-0.25, -0.2) is 15.0 Å². The van der Waals surface area contributed by atoms with Gasteiger partial charge in [0.25, 0.3) is 0 Å². The number of rotatable bonds is 10. The van der Waals surface area contributed by atoms with Crippen molar-refractivity contribution in [2.75, 3.05) is 22.9 Å². The van der Waals surface area contributed by atoms with Crippen LogP contribution in [0.5, 0.6) is 0 Å². The molecule has 0 amide bonds. The van der Waals surface area contributed by atoms with E-state index in [-0.39, 0.29) is 0 Å². The maximum absolute atomic E-state index is 6.24. The Morgan fingerprint density at radius 1 is 1.07 bits per heavy atom.